The average molecular weight is 348 g/mol. The maximum Gasteiger partial charge on any atom is 0.228 e. The SMILES string of the molecule is C[C@@]12CCCc3coc(c31)C(=O)c1cc3c(cc12)C(=O)C(CO)=CC3=O. The molecule has 26 heavy (non-hydrogen) atoms. The number of benzene rings is 1. The first-order chi connectivity index (χ1) is 12.5. The van der Waals surface area contributed by atoms with Gasteiger partial charge in [0.25, 0.3) is 0 Å². The third kappa shape index (κ3) is 1.71. The zero-order valence-electron chi connectivity index (χ0n) is 14.2. The second-order valence-corrected chi connectivity index (χ2v) is 7.44. The van der Waals surface area contributed by atoms with E-state index in [0.29, 0.717) is 11.3 Å². The number of aliphatic hydroxyl groups is 1. The fraction of sp³-hybridized carbons (Fsp3) is 0.286. The molecule has 5 nitrogen and oxygen atoms in total. The number of furan rings is 1. The van der Waals surface area contributed by atoms with Crippen LogP contribution in [0.25, 0.3) is 0 Å². The molecule has 3 aliphatic carbocycles. The molecule has 1 N–H and O–H groups in total. The third-order valence-corrected chi connectivity index (χ3v) is 6.02. The molecule has 0 spiro atoms. The van der Waals surface area contributed by atoms with E-state index in [9.17, 15) is 19.5 Å². The highest BCUT2D eigenvalue weighted by molar-refractivity contribution is 6.26. The van der Waals surface area contributed by atoms with Crippen molar-refractivity contribution < 1.29 is 23.9 Å². The molecule has 5 heteroatoms. The lowest BCUT2D eigenvalue weighted by Gasteiger charge is -2.39. The Morgan fingerprint density at radius 2 is 1.92 bits per heavy atom. The molecule has 0 aliphatic heterocycles. The molecule has 1 atom stereocenters. The van der Waals surface area contributed by atoms with Gasteiger partial charge in [0, 0.05) is 33.2 Å². The summed E-state index contributed by atoms with van der Waals surface area (Å²) in [7, 11) is 0. The van der Waals surface area contributed by atoms with Crippen molar-refractivity contribution in [3.63, 3.8) is 0 Å². The predicted octanol–water partition coefficient (Wildman–Crippen LogP) is 2.76. The molecule has 2 aromatic rings. The van der Waals surface area contributed by atoms with Gasteiger partial charge in [0.2, 0.25) is 5.78 Å². The molecule has 0 bridgehead atoms. The fourth-order valence-corrected chi connectivity index (χ4v) is 4.73. The minimum Gasteiger partial charge on any atom is -0.460 e. The quantitative estimate of drug-likeness (QED) is 0.857. The van der Waals surface area contributed by atoms with Gasteiger partial charge in [0.15, 0.2) is 17.3 Å². The fourth-order valence-electron chi connectivity index (χ4n) is 4.73. The molecule has 0 saturated carbocycles. The van der Waals surface area contributed by atoms with Crippen LogP contribution in [0, 0.1) is 0 Å². The van der Waals surface area contributed by atoms with Crippen molar-refractivity contribution >= 4 is 17.3 Å². The zero-order chi connectivity index (χ0) is 18.2. The Hall–Kier alpha value is -2.79. The molecule has 0 fully saturated rings. The molecule has 1 aromatic heterocycles. The van der Waals surface area contributed by atoms with Crippen LogP contribution in [0.3, 0.4) is 0 Å². The van der Waals surface area contributed by atoms with Gasteiger partial charge in [0.1, 0.15) is 0 Å². The van der Waals surface area contributed by atoms with Gasteiger partial charge >= 0.3 is 0 Å². The van der Waals surface area contributed by atoms with Crippen molar-refractivity contribution in [2.45, 2.75) is 31.6 Å². The van der Waals surface area contributed by atoms with Crippen molar-refractivity contribution in [2.75, 3.05) is 6.61 Å². The molecular formula is C21H16O5. The van der Waals surface area contributed by atoms with E-state index in [4.69, 9.17) is 4.42 Å². The minimum absolute atomic E-state index is 0.0862. The highest BCUT2D eigenvalue weighted by Gasteiger charge is 2.46. The second kappa shape index (κ2) is 4.89. The van der Waals surface area contributed by atoms with Gasteiger partial charge in [-0.15, -0.1) is 0 Å². The summed E-state index contributed by atoms with van der Waals surface area (Å²) in [6, 6.07) is 3.22. The summed E-state index contributed by atoms with van der Waals surface area (Å²) in [6.07, 6.45) is 5.49. The summed E-state index contributed by atoms with van der Waals surface area (Å²) < 4.78 is 5.60. The van der Waals surface area contributed by atoms with E-state index in [-0.39, 0.29) is 34.0 Å². The summed E-state index contributed by atoms with van der Waals surface area (Å²) >= 11 is 0. The summed E-state index contributed by atoms with van der Waals surface area (Å²) in [5.74, 6) is -0.592. The number of Topliss-reactive ketones (excluding diaryl/α,β-unsaturated/α-hetero) is 1. The largest absolute Gasteiger partial charge is 0.460 e. The topological polar surface area (TPSA) is 84.6 Å². The normalized spacial score (nSPS) is 23.3. The number of hydrogen-bond acceptors (Lipinski definition) is 5. The number of aliphatic hydroxyl groups excluding tert-OH is 1. The summed E-state index contributed by atoms with van der Waals surface area (Å²) in [5, 5.41) is 9.37. The number of aryl methyl sites for hydroxylation is 1. The van der Waals surface area contributed by atoms with Gasteiger partial charge in [-0.2, -0.15) is 0 Å². The Morgan fingerprint density at radius 3 is 2.69 bits per heavy atom. The van der Waals surface area contributed by atoms with E-state index in [0.717, 1.165) is 42.0 Å². The van der Waals surface area contributed by atoms with Crippen LogP contribution in [0.4, 0.5) is 0 Å². The van der Waals surface area contributed by atoms with Crippen LogP contribution < -0.4 is 0 Å². The van der Waals surface area contributed by atoms with Crippen LogP contribution >= 0.6 is 0 Å². The van der Waals surface area contributed by atoms with Crippen LogP contribution in [0.2, 0.25) is 0 Å². The van der Waals surface area contributed by atoms with Crippen molar-refractivity contribution in [1.29, 1.82) is 0 Å². The van der Waals surface area contributed by atoms with Gasteiger partial charge in [0.05, 0.1) is 12.9 Å². The average Bonchev–Trinajstić information content (AvgIpc) is 3.08. The monoisotopic (exact) mass is 348 g/mol. The summed E-state index contributed by atoms with van der Waals surface area (Å²) in [6.45, 7) is 1.59. The Balaban J connectivity index is 1.81. The van der Waals surface area contributed by atoms with E-state index in [1.54, 1.807) is 12.3 Å². The van der Waals surface area contributed by atoms with E-state index in [1.165, 1.54) is 6.07 Å². The van der Waals surface area contributed by atoms with Gasteiger partial charge in [-0.05, 0) is 48.6 Å². The van der Waals surface area contributed by atoms with E-state index in [2.05, 4.69) is 6.92 Å². The van der Waals surface area contributed by atoms with Crippen molar-refractivity contribution in [2.24, 2.45) is 0 Å². The predicted molar refractivity (Wildman–Crippen MR) is 91.8 cm³/mol. The Kier molecular flexibility index (Phi) is 2.91. The van der Waals surface area contributed by atoms with Gasteiger partial charge < -0.3 is 9.52 Å². The molecule has 0 amide bonds. The number of carbonyl (C=O) groups is 3. The number of fused-ring (bicyclic) bond motifs is 3. The minimum atomic E-state index is -0.479. The Labute approximate surface area is 149 Å². The maximum absolute atomic E-state index is 13.0. The highest BCUT2D eigenvalue weighted by Crippen LogP contribution is 2.50. The lowest BCUT2D eigenvalue weighted by atomic mass is 9.62. The van der Waals surface area contributed by atoms with Crippen LogP contribution in [0.5, 0.6) is 0 Å². The van der Waals surface area contributed by atoms with Gasteiger partial charge in [-0.1, -0.05) is 6.92 Å². The summed E-state index contributed by atoms with van der Waals surface area (Å²) in [5.41, 5.74) is 3.33. The van der Waals surface area contributed by atoms with E-state index in [1.807, 2.05) is 0 Å². The molecule has 0 radical (unpaired) electrons. The molecule has 5 rings (SSSR count). The number of hydrogen-bond donors (Lipinski definition) is 1. The number of ketones is 3. The molecule has 3 aliphatic rings. The van der Waals surface area contributed by atoms with Crippen LogP contribution in [0.15, 0.2) is 34.5 Å². The lowest BCUT2D eigenvalue weighted by molar-refractivity contribution is 0.0969. The molecule has 0 saturated heterocycles. The smallest absolute Gasteiger partial charge is 0.228 e. The summed E-state index contributed by atoms with van der Waals surface area (Å²) in [4.78, 5) is 38.1. The Bertz CT molecular complexity index is 1070. The number of carbonyl (C=O) groups excluding carboxylic acids is 3. The maximum atomic E-state index is 13.0. The van der Waals surface area contributed by atoms with E-state index >= 15 is 0 Å². The first-order valence-corrected chi connectivity index (χ1v) is 8.70. The van der Waals surface area contributed by atoms with Crippen LogP contribution in [-0.2, 0) is 11.8 Å². The van der Waals surface area contributed by atoms with E-state index < -0.39 is 12.0 Å². The van der Waals surface area contributed by atoms with Crippen molar-refractivity contribution in [3.05, 3.63) is 69.2 Å². The van der Waals surface area contributed by atoms with Crippen molar-refractivity contribution in [1.82, 2.24) is 0 Å². The first-order valence-electron chi connectivity index (χ1n) is 8.70. The molecular weight excluding hydrogens is 332 g/mol. The van der Waals surface area contributed by atoms with Crippen LogP contribution in [-0.4, -0.2) is 29.1 Å². The molecule has 0 unspecified atom stereocenters. The molecule has 1 heterocycles. The number of rotatable bonds is 1. The van der Waals surface area contributed by atoms with Gasteiger partial charge in [-0.3, -0.25) is 14.4 Å². The molecule has 1 aromatic carbocycles. The zero-order valence-corrected chi connectivity index (χ0v) is 14.2. The van der Waals surface area contributed by atoms with Crippen molar-refractivity contribution in [3.8, 4) is 0 Å². The Morgan fingerprint density at radius 1 is 1.12 bits per heavy atom. The lowest BCUT2D eigenvalue weighted by Crippen LogP contribution is -2.36. The third-order valence-electron chi connectivity index (χ3n) is 6.02. The van der Waals surface area contributed by atoms with Gasteiger partial charge in [-0.25, -0.2) is 0 Å². The number of allylic oxidation sites excluding steroid dienone is 1. The standard InChI is InChI=1S/C21H16O5/c1-21-4-2-3-10-9-26-20(17(10)21)19(25)14-6-12-13(7-15(14)21)18(24)11(8-22)5-16(12)23/h5-7,9,22H,2-4,8H2,1H3/t21-/m0/s1. The highest BCUT2D eigenvalue weighted by atomic mass is 16.3. The van der Waals surface area contributed by atoms with Crippen LogP contribution in [0.1, 0.15) is 73.3 Å². The molecule has 130 valence electrons. The second-order valence-electron chi connectivity index (χ2n) is 7.44. The first kappa shape index (κ1) is 15.5.